The SMILES string of the molecule is CCCCCCn1c(/C=C/c2ccc(N(c3ccc(OC)cc3)c3ccc(OC)cc3)cc2)ccc1C1=CC=C(/C=C(/C)C#N)C(=N)C1=N. The molecule has 0 bridgehead atoms. The van der Waals surface area contributed by atoms with Crippen molar-refractivity contribution in [2.45, 2.75) is 46.1 Å². The van der Waals surface area contributed by atoms with Gasteiger partial charge in [-0.25, -0.2) is 0 Å². The minimum atomic E-state index is 0.126. The maximum Gasteiger partial charge on any atom is 0.119 e. The van der Waals surface area contributed by atoms with Gasteiger partial charge in [-0.2, -0.15) is 5.26 Å². The highest BCUT2D eigenvalue weighted by Gasteiger charge is 2.22. The van der Waals surface area contributed by atoms with Crippen LogP contribution in [0.15, 0.2) is 114 Å². The van der Waals surface area contributed by atoms with Crippen molar-refractivity contribution in [1.29, 1.82) is 16.1 Å². The average Bonchev–Trinajstić information content (AvgIpc) is 3.54. The third kappa shape index (κ3) is 8.17. The molecule has 1 aromatic heterocycles. The van der Waals surface area contributed by atoms with Crippen LogP contribution in [0.4, 0.5) is 17.1 Å². The van der Waals surface area contributed by atoms with Crippen LogP contribution >= 0.6 is 0 Å². The molecule has 1 aliphatic carbocycles. The Morgan fingerprint density at radius 3 is 1.90 bits per heavy atom. The van der Waals surface area contributed by atoms with Crippen LogP contribution in [0.1, 0.15) is 56.5 Å². The predicted octanol–water partition coefficient (Wildman–Crippen LogP) is 10.6. The van der Waals surface area contributed by atoms with Gasteiger partial charge in [0.1, 0.15) is 11.5 Å². The molecular formula is C42H43N5O2. The molecule has 4 aromatic rings. The average molecular weight is 650 g/mol. The van der Waals surface area contributed by atoms with Crippen LogP contribution in [0.5, 0.6) is 11.5 Å². The molecule has 0 saturated heterocycles. The van der Waals surface area contributed by atoms with Crippen molar-refractivity contribution in [2.75, 3.05) is 19.1 Å². The largest absolute Gasteiger partial charge is 0.497 e. The van der Waals surface area contributed by atoms with Crippen molar-refractivity contribution in [3.8, 4) is 17.6 Å². The van der Waals surface area contributed by atoms with E-state index >= 15 is 0 Å². The third-order valence-electron chi connectivity index (χ3n) is 8.57. The van der Waals surface area contributed by atoms with Crippen molar-refractivity contribution in [1.82, 2.24) is 4.57 Å². The molecule has 0 aliphatic heterocycles. The summed E-state index contributed by atoms with van der Waals surface area (Å²) in [6, 6.07) is 30.8. The maximum absolute atomic E-state index is 9.20. The quantitative estimate of drug-likeness (QED) is 0.0807. The lowest BCUT2D eigenvalue weighted by molar-refractivity contribution is 0.415. The van der Waals surface area contributed by atoms with Crippen LogP contribution in [0, 0.1) is 22.1 Å². The lowest BCUT2D eigenvalue weighted by Crippen LogP contribution is -2.20. The van der Waals surface area contributed by atoms with Gasteiger partial charge in [-0.1, -0.05) is 50.5 Å². The van der Waals surface area contributed by atoms with Gasteiger partial charge in [0.15, 0.2) is 0 Å². The van der Waals surface area contributed by atoms with Crippen LogP contribution in [0.25, 0.3) is 17.7 Å². The van der Waals surface area contributed by atoms with Gasteiger partial charge < -0.3 is 18.9 Å². The number of nitrogens with one attached hydrogen (secondary N) is 2. The number of hydrogen-bond acceptors (Lipinski definition) is 6. The molecule has 3 aromatic carbocycles. The Balaban J connectivity index is 1.44. The monoisotopic (exact) mass is 649 g/mol. The van der Waals surface area contributed by atoms with E-state index in [1.54, 1.807) is 27.2 Å². The fourth-order valence-corrected chi connectivity index (χ4v) is 5.85. The molecule has 1 heterocycles. The minimum absolute atomic E-state index is 0.126. The Kier molecular flexibility index (Phi) is 11.5. The highest BCUT2D eigenvalue weighted by atomic mass is 16.5. The van der Waals surface area contributed by atoms with Gasteiger partial charge >= 0.3 is 0 Å². The zero-order valence-corrected chi connectivity index (χ0v) is 28.7. The Hall–Kier alpha value is -5.87. The van der Waals surface area contributed by atoms with Crippen LogP contribution in [-0.4, -0.2) is 30.2 Å². The van der Waals surface area contributed by atoms with E-state index in [1.165, 1.54) is 6.42 Å². The topological polar surface area (TPSA) is 98.1 Å². The molecule has 7 heteroatoms. The number of methoxy groups -OCH3 is 2. The maximum atomic E-state index is 9.20. The van der Waals surface area contributed by atoms with Gasteiger partial charge in [-0.3, -0.25) is 10.8 Å². The van der Waals surface area contributed by atoms with Gasteiger partial charge in [-0.05, 0) is 110 Å². The Bertz CT molecular complexity index is 1900. The van der Waals surface area contributed by atoms with E-state index < -0.39 is 0 Å². The summed E-state index contributed by atoms with van der Waals surface area (Å²) in [6.07, 6.45) is 14.1. The fraction of sp³-hybridized carbons (Fsp3) is 0.214. The summed E-state index contributed by atoms with van der Waals surface area (Å²) >= 11 is 0. The minimum Gasteiger partial charge on any atom is -0.497 e. The van der Waals surface area contributed by atoms with Crippen molar-refractivity contribution in [2.24, 2.45) is 0 Å². The second kappa shape index (κ2) is 16.3. The van der Waals surface area contributed by atoms with E-state index in [2.05, 4.69) is 64.9 Å². The number of allylic oxidation sites excluding steroid dienone is 6. The molecule has 2 N–H and O–H groups in total. The fourth-order valence-electron chi connectivity index (χ4n) is 5.85. The Morgan fingerprint density at radius 1 is 0.755 bits per heavy atom. The molecule has 0 spiro atoms. The van der Waals surface area contributed by atoms with Gasteiger partial charge in [-0.15, -0.1) is 0 Å². The molecule has 49 heavy (non-hydrogen) atoms. The van der Waals surface area contributed by atoms with Crippen LogP contribution < -0.4 is 14.4 Å². The first-order chi connectivity index (χ1) is 23.9. The van der Waals surface area contributed by atoms with Gasteiger partial charge in [0.05, 0.1) is 37.4 Å². The Morgan fingerprint density at radius 2 is 1.35 bits per heavy atom. The van der Waals surface area contributed by atoms with Crippen LogP contribution in [-0.2, 0) is 6.54 Å². The molecule has 0 unspecified atom stereocenters. The molecule has 248 valence electrons. The molecule has 5 rings (SSSR count). The number of aromatic nitrogens is 1. The smallest absolute Gasteiger partial charge is 0.119 e. The van der Waals surface area contributed by atoms with Crippen molar-refractivity contribution < 1.29 is 9.47 Å². The normalized spacial score (nSPS) is 13.2. The van der Waals surface area contributed by atoms with E-state index in [1.807, 2.05) is 66.7 Å². The molecule has 7 nitrogen and oxygen atoms in total. The zero-order valence-electron chi connectivity index (χ0n) is 28.7. The highest BCUT2D eigenvalue weighted by molar-refractivity contribution is 6.61. The van der Waals surface area contributed by atoms with Crippen molar-refractivity contribution >= 4 is 46.2 Å². The molecule has 0 saturated carbocycles. The number of anilines is 3. The second-order valence-corrected chi connectivity index (χ2v) is 11.9. The number of ether oxygens (including phenoxy) is 2. The summed E-state index contributed by atoms with van der Waals surface area (Å²) in [4.78, 5) is 2.20. The van der Waals surface area contributed by atoms with E-state index in [0.29, 0.717) is 16.7 Å². The van der Waals surface area contributed by atoms with Gasteiger partial charge in [0.25, 0.3) is 0 Å². The highest BCUT2D eigenvalue weighted by Crippen LogP contribution is 2.36. The van der Waals surface area contributed by atoms with Gasteiger partial charge in [0.2, 0.25) is 0 Å². The summed E-state index contributed by atoms with van der Waals surface area (Å²) in [5.41, 5.74) is 8.17. The van der Waals surface area contributed by atoms with Crippen molar-refractivity contribution in [3.05, 3.63) is 131 Å². The first kappa shape index (κ1) is 34.5. The number of rotatable bonds is 14. The standard InChI is InChI=1S/C42H43N5O2/c1-5-6-7-8-27-46-33(20-26-40(46)39-25-12-32(28-30(2)29-43)41(44)42(39)45)13-9-31-10-14-34(15-11-31)47(35-16-21-37(48-3)22-17-35)36-18-23-38(49-4)24-19-36/h9-26,28,44-45H,5-8,27H2,1-4H3/b13-9+,30-28-,44-41?,45-42?. The van der Waals surface area contributed by atoms with E-state index in [0.717, 1.165) is 71.3 Å². The first-order valence-electron chi connectivity index (χ1n) is 16.6. The lowest BCUT2D eigenvalue weighted by Gasteiger charge is -2.26. The van der Waals surface area contributed by atoms with Crippen molar-refractivity contribution in [3.63, 3.8) is 0 Å². The summed E-state index contributed by atoms with van der Waals surface area (Å²) in [5, 5.41) is 26.7. The Labute approximate surface area is 289 Å². The molecule has 0 atom stereocenters. The van der Waals surface area contributed by atoms with Crippen LogP contribution in [0.3, 0.4) is 0 Å². The van der Waals surface area contributed by atoms with E-state index in [-0.39, 0.29) is 11.4 Å². The lowest BCUT2D eigenvalue weighted by atomic mass is 9.91. The third-order valence-corrected chi connectivity index (χ3v) is 8.57. The number of hydrogen-bond donors (Lipinski definition) is 2. The molecule has 0 radical (unpaired) electrons. The molecule has 1 aliphatic rings. The second-order valence-electron chi connectivity index (χ2n) is 11.9. The predicted molar refractivity (Wildman–Crippen MR) is 203 cm³/mol. The summed E-state index contributed by atoms with van der Waals surface area (Å²) in [5.74, 6) is 1.60. The van der Waals surface area contributed by atoms with E-state index in [4.69, 9.17) is 20.3 Å². The summed E-state index contributed by atoms with van der Waals surface area (Å²) < 4.78 is 13.1. The van der Waals surface area contributed by atoms with E-state index in [9.17, 15) is 5.26 Å². The summed E-state index contributed by atoms with van der Waals surface area (Å²) in [6.45, 7) is 4.74. The van der Waals surface area contributed by atoms with Gasteiger partial charge in [0, 0.05) is 46.0 Å². The zero-order chi connectivity index (χ0) is 34.8. The number of benzene rings is 3. The molecular weight excluding hydrogens is 606 g/mol. The molecule has 0 amide bonds. The number of nitrogens with zero attached hydrogens (tertiary/aromatic N) is 3. The number of nitriles is 1. The first-order valence-corrected chi connectivity index (χ1v) is 16.6. The summed E-state index contributed by atoms with van der Waals surface area (Å²) in [7, 11) is 3.34. The number of unbranched alkanes of at least 4 members (excludes halogenated alkanes) is 3. The van der Waals surface area contributed by atoms with Crippen LogP contribution in [0.2, 0.25) is 0 Å². The molecule has 0 fully saturated rings.